The quantitative estimate of drug-likeness (QED) is 0.713. The minimum atomic E-state index is 0.602. The lowest BCUT2D eigenvalue weighted by Crippen LogP contribution is -2.36. The predicted molar refractivity (Wildman–Crippen MR) is 97.0 cm³/mol. The fourth-order valence-corrected chi connectivity index (χ4v) is 2.83. The molecule has 3 rings (SSSR count). The first-order chi connectivity index (χ1) is 12.7. The van der Waals surface area contributed by atoms with Gasteiger partial charge < -0.3 is 4.74 Å². The Balaban J connectivity index is 2.02. The summed E-state index contributed by atoms with van der Waals surface area (Å²) in [4.78, 5) is 0. The first-order valence-electron chi connectivity index (χ1n) is 8.54. The van der Waals surface area contributed by atoms with Gasteiger partial charge in [0, 0.05) is 18.6 Å². The molecule has 1 N–H and O–H groups in total. The molecule has 0 bridgehead atoms. The molecule has 5 heteroatoms. The van der Waals surface area contributed by atoms with Crippen LogP contribution in [0, 0.1) is 22.7 Å². The molecular formula is C21H19N4O+. The van der Waals surface area contributed by atoms with E-state index in [-0.39, 0.29) is 0 Å². The molecule has 3 aromatic rings. The molecule has 26 heavy (non-hydrogen) atoms. The van der Waals surface area contributed by atoms with Crippen LogP contribution >= 0.6 is 0 Å². The second kappa shape index (κ2) is 7.55. The van der Waals surface area contributed by atoms with Gasteiger partial charge in [0.15, 0.2) is 0 Å². The summed E-state index contributed by atoms with van der Waals surface area (Å²) >= 11 is 0. The third kappa shape index (κ3) is 3.29. The standard InChI is InChI=1S/C21H18N4O/c1-3-19-21(26-18-11-7-16(14-23)8-12-18)20(4-2)25(24-19)17-9-5-15(13-22)6-10-17/h5-12H,3-4H2,1-2H3/p+1. The fourth-order valence-electron chi connectivity index (χ4n) is 2.83. The Kier molecular flexibility index (Phi) is 5.01. The van der Waals surface area contributed by atoms with Crippen molar-refractivity contribution in [2.24, 2.45) is 0 Å². The summed E-state index contributed by atoms with van der Waals surface area (Å²) in [5, 5.41) is 21.3. The number of hydrogen-bond acceptors (Lipinski definition) is 3. The molecular weight excluding hydrogens is 324 g/mol. The molecule has 0 amide bonds. The highest BCUT2D eigenvalue weighted by atomic mass is 16.5. The van der Waals surface area contributed by atoms with Crippen LogP contribution < -0.4 is 9.42 Å². The van der Waals surface area contributed by atoms with Crippen LogP contribution in [0.5, 0.6) is 11.5 Å². The zero-order valence-electron chi connectivity index (χ0n) is 14.8. The fraction of sp³-hybridized carbons (Fsp3) is 0.190. The number of nitriles is 2. The van der Waals surface area contributed by atoms with E-state index in [1.54, 1.807) is 36.4 Å². The van der Waals surface area contributed by atoms with Gasteiger partial charge >= 0.3 is 0 Å². The zero-order valence-corrected chi connectivity index (χ0v) is 14.8. The number of nitrogens with one attached hydrogen (secondary N) is 1. The molecule has 0 saturated carbocycles. The van der Waals surface area contributed by atoms with Crippen LogP contribution in [-0.2, 0) is 12.8 Å². The number of aromatic amines is 1. The Morgan fingerprint density at radius 1 is 0.885 bits per heavy atom. The van der Waals surface area contributed by atoms with Gasteiger partial charge in [-0.2, -0.15) is 15.6 Å². The van der Waals surface area contributed by atoms with Crippen LogP contribution in [0.2, 0.25) is 0 Å². The number of H-pyrrole nitrogens is 1. The van der Waals surface area contributed by atoms with Crippen LogP contribution in [0.25, 0.3) is 5.69 Å². The average molecular weight is 343 g/mol. The second-order valence-electron chi connectivity index (χ2n) is 5.81. The third-order valence-electron chi connectivity index (χ3n) is 4.20. The molecule has 1 aromatic heterocycles. The lowest BCUT2D eigenvalue weighted by Gasteiger charge is -2.05. The number of ether oxygens (including phenoxy) is 1. The summed E-state index contributed by atoms with van der Waals surface area (Å²) in [5.41, 5.74) is 4.20. The SMILES string of the molecule is CCc1[nH][n+](-c2ccc(C#N)cc2)c(CC)c1Oc1ccc(C#N)cc1. The summed E-state index contributed by atoms with van der Waals surface area (Å²) in [5.74, 6) is 1.50. The Morgan fingerprint density at radius 3 is 1.96 bits per heavy atom. The van der Waals surface area contributed by atoms with Crippen molar-refractivity contribution in [2.45, 2.75) is 26.7 Å². The van der Waals surface area contributed by atoms with E-state index in [1.807, 2.05) is 16.8 Å². The molecule has 0 saturated heterocycles. The summed E-state index contributed by atoms with van der Waals surface area (Å²) < 4.78 is 8.15. The molecule has 1 heterocycles. The van der Waals surface area contributed by atoms with E-state index in [1.165, 1.54) is 0 Å². The molecule has 0 atom stereocenters. The van der Waals surface area contributed by atoms with Crippen molar-refractivity contribution < 1.29 is 9.42 Å². The van der Waals surface area contributed by atoms with Gasteiger partial charge in [0.2, 0.25) is 11.4 Å². The van der Waals surface area contributed by atoms with Crippen molar-refractivity contribution in [2.75, 3.05) is 0 Å². The average Bonchev–Trinajstić information content (AvgIpc) is 3.06. The van der Waals surface area contributed by atoms with Gasteiger partial charge in [0.25, 0.3) is 5.69 Å². The summed E-state index contributed by atoms with van der Waals surface area (Å²) in [6, 6.07) is 18.8. The highest BCUT2D eigenvalue weighted by molar-refractivity contribution is 5.41. The number of rotatable bonds is 5. The maximum atomic E-state index is 8.98. The Hall–Kier alpha value is -3.57. The van der Waals surface area contributed by atoms with Crippen LogP contribution in [0.15, 0.2) is 48.5 Å². The first-order valence-corrected chi connectivity index (χ1v) is 8.54. The van der Waals surface area contributed by atoms with Crippen LogP contribution in [0.4, 0.5) is 0 Å². The minimum Gasteiger partial charge on any atom is -0.449 e. The smallest absolute Gasteiger partial charge is 0.256 e. The van der Waals surface area contributed by atoms with Crippen molar-refractivity contribution in [1.82, 2.24) is 5.10 Å². The van der Waals surface area contributed by atoms with E-state index >= 15 is 0 Å². The summed E-state index contributed by atoms with van der Waals surface area (Å²) in [6.07, 6.45) is 1.57. The van der Waals surface area contributed by atoms with E-state index < -0.39 is 0 Å². The van der Waals surface area contributed by atoms with E-state index in [4.69, 9.17) is 15.3 Å². The molecule has 0 radical (unpaired) electrons. The van der Waals surface area contributed by atoms with Crippen molar-refractivity contribution in [3.63, 3.8) is 0 Å². The van der Waals surface area contributed by atoms with Gasteiger partial charge in [-0.15, -0.1) is 0 Å². The minimum absolute atomic E-state index is 0.602. The van der Waals surface area contributed by atoms with Crippen molar-refractivity contribution in [3.05, 3.63) is 71.0 Å². The van der Waals surface area contributed by atoms with Gasteiger partial charge in [0.05, 0.1) is 23.3 Å². The molecule has 2 aromatic carbocycles. The number of aryl methyl sites for hydroxylation is 1. The number of benzene rings is 2. The molecule has 0 fully saturated rings. The van der Waals surface area contributed by atoms with E-state index in [2.05, 4.69) is 31.1 Å². The summed E-state index contributed by atoms with van der Waals surface area (Å²) in [6.45, 7) is 4.15. The predicted octanol–water partition coefficient (Wildman–Crippen LogP) is 3.95. The van der Waals surface area contributed by atoms with Crippen molar-refractivity contribution in [1.29, 1.82) is 10.5 Å². The highest BCUT2D eigenvalue weighted by Gasteiger charge is 2.26. The Morgan fingerprint density at radius 2 is 1.46 bits per heavy atom. The monoisotopic (exact) mass is 343 g/mol. The van der Waals surface area contributed by atoms with E-state index in [0.717, 1.165) is 35.7 Å². The van der Waals surface area contributed by atoms with Gasteiger partial charge in [-0.1, -0.05) is 18.5 Å². The van der Waals surface area contributed by atoms with Gasteiger partial charge in [0.1, 0.15) is 11.4 Å². The molecule has 0 aliphatic rings. The van der Waals surface area contributed by atoms with Crippen LogP contribution in [-0.4, -0.2) is 5.10 Å². The lowest BCUT2D eigenvalue weighted by molar-refractivity contribution is -0.663. The maximum absolute atomic E-state index is 8.98. The second-order valence-corrected chi connectivity index (χ2v) is 5.81. The lowest BCUT2D eigenvalue weighted by atomic mass is 10.2. The van der Waals surface area contributed by atoms with E-state index in [9.17, 15) is 0 Å². The number of nitrogens with zero attached hydrogens (tertiary/aromatic N) is 3. The van der Waals surface area contributed by atoms with Gasteiger partial charge in [-0.25, -0.2) is 0 Å². The van der Waals surface area contributed by atoms with E-state index in [0.29, 0.717) is 16.9 Å². The Bertz CT molecular complexity index is 987. The van der Waals surface area contributed by atoms with Crippen molar-refractivity contribution in [3.8, 4) is 29.3 Å². The molecule has 0 aliphatic heterocycles. The van der Waals surface area contributed by atoms with Crippen LogP contribution in [0.3, 0.4) is 0 Å². The highest BCUT2D eigenvalue weighted by Crippen LogP contribution is 2.29. The van der Waals surface area contributed by atoms with Gasteiger partial charge in [-0.05, 0) is 42.8 Å². The summed E-state index contributed by atoms with van der Waals surface area (Å²) in [7, 11) is 0. The number of aromatic nitrogens is 2. The molecule has 128 valence electrons. The molecule has 0 aliphatic carbocycles. The van der Waals surface area contributed by atoms with Crippen LogP contribution in [0.1, 0.15) is 36.4 Å². The van der Waals surface area contributed by atoms with Crippen molar-refractivity contribution >= 4 is 0 Å². The molecule has 0 unspecified atom stereocenters. The Labute approximate surface area is 152 Å². The zero-order chi connectivity index (χ0) is 18.5. The molecule has 5 nitrogen and oxygen atoms in total. The topological polar surface area (TPSA) is 76.5 Å². The third-order valence-corrected chi connectivity index (χ3v) is 4.20. The maximum Gasteiger partial charge on any atom is 0.256 e. The number of hydrogen-bond donors (Lipinski definition) is 1. The largest absolute Gasteiger partial charge is 0.449 e. The first kappa shape index (κ1) is 17.3. The normalized spacial score (nSPS) is 10.2. The molecule has 0 spiro atoms. The van der Waals surface area contributed by atoms with Gasteiger partial charge in [-0.3, -0.25) is 0 Å².